The fraction of sp³-hybridized carbons (Fsp3) is 0.429. The maximum atomic E-state index is 10.9. The first kappa shape index (κ1) is 17.5. The van der Waals surface area contributed by atoms with Crippen molar-refractivity contribution < 1.29 is 9.59 Å². The molecule has 1 rings (SSSR count). The van der Waals surface area contributed by atoms with Crippen LogP contribution in [-0.2, 0) is 11.2 Å². The Kier molecular flexibility index (Phi) is 7.81. The van der Waals surface area contributed by atoms with Crippen molar-refractivity contribution in [1.82, 2.24) is 0 Å². The van der Waals surface area contributed by atoms with E-state index in [4.69, 9.17) is 17.2 Å². The third-order valence-corrected chi connectivity index (χ3v) is 3.77. The summed E-state index contributed by atoms with van der Waals surface area (Å²) in [6.45, 7) is 2.60. The van der Waals surface area contributed by atoms with E-state index in [1.165, 1.54) is 0 Å². The zero-order chi connectivity index (χ0) is 15.7. The molecule has 0 aliphatic rings. The maximum Gasteiger partial charge on any atom is 0.277 e. The fourth-order valence-electron chi connectivity index (χ4n) is 2.02. The first-order chi connectivity index (χ1) is 10.1. The number of carbonyl (C=O) groups excluding carboxylic acids is 2. The van der Waals surface area contributed by atoms with E-state index in [9.17, 15) is 9.59 Å². The van der Waals surface area contributed by atoms with Gasteiger partial charge in [-0.25, -0.2) is 0 Å². The van der Waals surface area contributed by atoms with E-state index in [0.717, 1.165) is 42.4 Å². The number of thioether (sulfide) groups is 1. The quantitative estimate of drug-likeness (QED) is 0.566. The van der Waals surface area contributed by atoms with Gasteiger partial charge in [-0.1, -0.05) is 23.9 Å². The highest BCUT2D eigenvalue weighted by molar-refractivity contribution is 8.14. The molecule has 6 nitrogen and oxygen atoms in total. The summed E-state index contributed by atoms with van der Waals surface area (Å²) in [7, 11) is 0. The molecule has 0 saturated heterocycles. The number of nitrogens with zero attached hydrogens (tertiary/aromatic N) is 1. The molecule has 0 aliphatic carbocycles. The van der Waals surface area contributed by atoms with Gasteiger partial charge in [-0.05, 0) is 24.1 Å². The van der Waals surface area contributed by atoms with Crippen LogP contribution >= 0.6 is 11.8 Å². The van der Waals surface area contributed by atoms with Crippen molar-refractivity contribution in [2.75, 3.05) is 31.1 Å². The molecule has 0 radical (unpaired) electrons. The van der Waals surface area contributed by atoms with E-state index >= 15 is 0 Å². The van der Waals surface area contributed by atoms with E-state index in [0.29, 0.717) is 19.5 Å². The molecule has 0 bridgehead atoms. The Bertz CT molecular complexity index is 447. The molecular formula is C14H22N4O2S. The van der Waals surface area contributed by atoms with Gasteiger partial charge < -0.3 is 26.9 Å². The summed E-state index contributed by atoms with van der Waals surface area (Å²) >= 11 is 0.848. The molecule has 0 fully saturated rings. The van der Waals surface area contributed by atoms with Crippen molar-refractivity contribution in [2.45, 2.75) is 11.7 Å². The Balaban J connectivity index is 2.71. The smallest absolute Gasteiger partial charge is 0.277 e. The van der Waals surface area contributed by atoms with Gasteiger partial charge in [-0.15, -0.1) is 0 Å². The van der Waals surface area contributed by atoms with Crippen molar-refractivity contribution in [3.8, 4) is 0 Å². The van der Waals surface area contributed by atoms with Gasteiger partial charge in [0, 0.05) is 31.9 Å². The molecule has 0 spiro atoms. The van der Waals surface area contributed by atoms with Crippen molar-refractivity contribution in [2.24, 2.45) is 17.2 Å². The molecule has 7 heteroatoms. The lowest BCUT2D eigenvalue weighted by molar-refractivity contribution is -0.107. The van der Waals surface area contributed by atoms with Crippen molar-refractivity contribution in [3.63, 3.8) is 0 Å². The van der Waals surface area contributed by atoms with E-state index in [-0.39, 0.29) is 0 Å². The van der Waals surface area contributed by atoms with Crippen LogP contribution in [-0.4, -0.2) is 43.0 Å². The van der Waals surface area contributed by atoms with Crippen molar-refractivity contribution in [1.29, 1.82) is 0 Å². The minimum Gasteiger partial charge on any atom is -0.369 e. The number of hydrogen-bond acceptors (Lipinski definition) is 6. The molecule has 1 atom stereocenters. The molecule has 1 aromatic rings. The Labute approximate surface area is 129 Å². The largest absolute Gasteiger partial charge is 0.369 e. The molecule has 116 valence electrons. The highest BCUT2D eigenvalue weighted by Crippen LogP contribution is 2.19. The SMILES string of the molecule is NCCN(CCN)c1ccc(CC(C=O)SC(N)=O)cc1. The average Bonchev–Trinajstić information content (AvgIpc) is 2.46. The molecule has 0 saturated carbocycles. The molecule has 1 unspecified atom stereocenters. The summed E-state index contributed by atoms with van der Waals surface area (Å²) in [6.07, 6.45) is 1.23. The molecular weight excluding hydrogens is 288 g/mol. The van der Waals surface area contributed by atoms with Gasteiger partial charge in [-0.3, -0.25) is 4.79 Å². The second-order valence-electron chi connectivity index (χ2n) is 4.55. The van der Waals surface area contributed by atoms with Crippen LogP contribution < -0.4 is 22.1 Å². The number of anilines is 1. The Morgan fingerprint density at radius 2 is 1.76 bits per heavy atom. The van der Waals surface area contributed by atoms with Gasteiger partial charge in [0.05, 0.1) is 5.25 Å². The van der Waals surface area contributed by atoms with Crippen molar-refractivity contribution in [3.05, 3.63) is 29.8 Å². The van der Waals surface area contributed by atoms with Crippen LogP contribution in [0, 0.1) is 0 Å². The number of primary amides is 1. The van der Waals surface area contributed by atoms with E-state index in [1.54, 1.807) is 0 Å². The van der Waals surface area contributed by atoms with Crippen LogP contribution in [0.2, 0.25) is 0 Å². The van der Waals surface area contributed by atoms with Crippen LogP contribution in [0.1, 0.15) is 5.56 Å². The summed E-state index contributed by atoms with van der Waals surface area (Å²) in [5.74, 6) is 0. The fourth-order valence-corrected chi connectivity index (χ4v) is 2.65. The summed E-state index contributed by atoms with van der Waals surface area (Å²) in [5, 5.41) is -0.988. The first-order valence-corrected chi connectivity index (χ1v) is 7.64. The van der Waals surface area contributed by atoms with E-state index in [2.05, 4.69) is 4.90 Å². The number of rotatable bonds is 9. The maximum absolute atomic E-state index is 10.9. The van der Waals surface area contributed by atoms with Gasteiger partial charge in [0.1, 0.15) is 6.29 Å². The third-order valence-electron chi connectivity index (χ3n) is 2.96. The molecule has 0 aromatic heterocycles. The van der Waals surface area contributed by atoms with Crippen LogP contribution in [0.25, 0.3) is 0 Å². The molecule has 1 aromatic carbocycles. The Morgan fingerprint density at radius 3 is 2.19 bits per heavy atom. The number of benzene rings is 1. The van der Waals surface area contributed by atoms with Gasteiger partial charge >= 0.3 is 0 Å². The number of nitrogens with two attached hydrogens (primary N) is 3. The van der Waals surface area contributed by atoms with Crippen LogP contribution in [0.4, 0.5) is 10.5 Å². The summed E-state index contributed by atoms with van der Waals surface area (Å²) in [4.78, 5) is 23.9. The molecule has 0 heterocycles. The lowest BCUT2D eigenvalue weighted by Crippen LogP contribution is -2.33. The monoisotopic (exact) mass is 310 g/mol. The second kappa shape index (κ2) is 9.38. The minimum atomic E-state index is -0.541. The number of amides is 1. The Hall–Kier alpha value is -1.57. The normalized spacial score (nSPS) is 11.9. The summed E-state index contributed by atoms with van der Waals surface area (Å²) < 4.78 is 0. The van der Waals surface area contributed by atoms with Gasteiger partial charge in [0.2, 0.25) is 0 Å². The highest BCUT2D eigenvalue weighted by Gasteiger charge is 2.13. The lowest BCUT2D eigenvalue weighted by atomic mass is 10.1. The minimum absolute atomic E-state index is 0.447. The third kappa shape index (κ3) is 6.16. The summed E-state index contributed by atoms with van der Waals surface area (Å²) in [5.41, 5.74) is 18.3. The van der Waals surface area contributed by atoms with E-state index < -0.39 is 10.5 Å². The molecule has 0 aliphatic heterocycles. The lowest BCUT2D eigenvalue weighted by Gasteiger charge is -2.23. The van der Waals surface area contributed by atoms with Crippen LogP contribution in [0.3, 0.4) is 0 Å². The number of hydrogen-bond donors (Lipinski definition) is 3. The zero-order valence-electron chi connectivity index (χ0n) is 11.9. The predicted octanol–water partition coefficient (Wildman–Crippen LogP) is 0.332. The topological polar surface area (TPSA) is 115 Å². The standard InChI is InChI=1S/C14H22N4O2S/c15-5-7-18(8-6-16)12-3-1-11(2-4-12)9-13(10-19)21-14(17)20/h1-4,10,13H,5-9,15-16H2,(H2,17,20). The Morgan fingerprint density at radius 1 is 1.19 bits per heavy atom. The predicted molar refractivity (Wildman–Crippen MR) is 87.5 cm³/mol. The van der Waals surface area contributed by atoms with Crippen LogP contribution in [0.15, 0.2) is 24.3 Å². The summed E-state index contributed by atoms with van der Waals surface area (Å²) in [6, 6.07) is 7.82. The second-order valence-corrected chi connectivity index (χ2v) is 5.79. The number of carbonyl (C=O) groups is 2. The molecule has 21 heavy (non-hydrogen) atoms. The first-order valence-electron chi connectivity index (χ1n) is 6.76. The highest BCUT2D eigenvalue weighted by atomic mass is 32.2. The van der Waals surface area contributed by atoms with E-state index in [1.807, 2.05) is 24.3 Å². The van der Waals surface area contributed by atoms with Crippen molar-refractivity contribution >= 4 is 29.0 Å². The van der Waals surface area contributed by atoms with Gasteiger partial charge in [0.25, 0.3) is 5.24 Å². The molecule has 1 amide bonds. The van der Waals surface area contributed by atoms with Gasteiger partial charge in [-0.2, -0.15) is 0 Å². The molecule has 6 N–H and O–H groups in total. The van der Waals surface area contributed by atoms with Gasteiger partial charge in [0.15, 0.2) is 0 Å². The average molecular weight is 310 g/mol. The number of aldehydes is 1. The zero-order valence-corrected chi connectivity index (χ0v) is 12.7. The van der Waals surface area contributed by atoms with Crippen LogP contribution in [0.5, 0.6) is 0 Å².